The van der Waals surface area contributed by atoms with Gasteiger partial charge in [0, 0.05) is 15.8 Å². The quantitative estimate of drug-likeness (QED) is 0.212. The van der Waals surface area contributed by atoms with Crippen LogP contribution in [-0.2, 0) is 17.9 Å². The fourth-order valence-electron chi connectivity index (χ4n) is 2.88. The Morgan fingerprint density at radius 3 is 2.73 bits per heavy atom. The predicted molar refractivity (Wildman–Crippen MR) is 125 cm³/mol. The van der Waals surface area contributed by atoms with Gasteiger partial charge in [-0.2, -0.15) is 0 Å². The summed E-state index contributed by atoms with van der Waals surface area (Å²) in [5.74, 6) is 0.859. The zero-order chi connectivity index (χ0) is 20.9. The minimum Gasteiger partial charge on any atom is -0.325 e. The lowest BCUT2D eigenvalue weighted by atomic mass is 10.3. The number of halogens is 1. The minimum atomic E-state index is -0.0989. The van der Waals surface area contributed by atoms with Gasteiger partial charge in [0.05, 0.1) is 11.3 Å². The number of aromatic nitrogens is 6. The number of allylic oxidation sites excluding steroid dienone is 1. The second-order valence-electron chi connectivity index (χ2n) is 6.38. The van der Waals surface area contributed by atoms with Crippen LogP contribution < -0.4 is 5.32 Å². The summed E-state index contributed by atoms with van der Waals surface area (Å²) in [7, 11) is 0. The molecule has 4 aromatic rings. The smallest absolute Gasteiger partial charge is 0.234 e. The highest BCUT2D eigenvalue weighted by Crippen LogP contribution is 2.20. The zero-order valence-electron chi connectivity index (χ0n) is 15.9. The number of nitrogens with one attached hydrogen (secondary N) is 1. The molecular formula is C20H18IN7OS. The van der Waals surface area contributed by atoms with Crippen molar-refractivity contribution in [3.8, 4) is 0 Å². The topological polar surface area (TPSA) is 90.5 Å². The molecule has 0 saturated carbocycles. The number of anilines is 1. The molecule has 152 valence electrons. The van der Waals surface area contributed by atoms with Crippen molar-refractivity contribution in [1.82, 2.24) is 29.8 Å². The maximum Gasteiger partial charge on any atom is 0.234 e. The lowest BCUT2D eigenvalue weighted by Crippen LogP contribution is -2.15. The number of carbonyl (C=O) groups excluding carboxylic acids is 1. The van der Waals surface area contributed by atoms with E-state index < -0.39 is 0 Å². The molecule has 2 aromatic heterocycles. The Kier molecular flexibility index (Phi) is 6.43. The first-order valence-electron chi connectivity index (χ1n) is 9.13. The number of carbonyl (C=O) groups is 1. The third-order valence-electron chi connectivity index (χ3n) is 4.28. The lowest BCUT2D eigenvalue weighted by molar-refractivity contribution is -0.113. The van der Waals surface area contributed by atoms with Crippen LogP contribution in [0.4, 0.5) is 5.69 Å². The van der Waals surface area contributed by atoms with Gasteiger partial charge < -0.3 is 9.88 Å². The van der Waals surface area contributed by atoms with Gasteiger partial charge in [-0.3, -0.25) is 4.79 Å². The number of rotatable bonds is 8. The SMILES string of the molecule is C=CCn1c(Cn2nnc3ccccc32)nnc1SCC(=O)Nc1ccc(I)cc1. The number of amides is 1. The van der Waals surface area contributed by atoms with E-state index in [-0.39, 0.29) is 11.7 Å². The summed E-state index contributed by atoms with van der Waals surface area (Å²) < 4.78 is 4.84. The van der Waals surface area contributed by atoms with E-state index in [1.807, 2.05) is 53.1 Å². The monoisotopic (exact) mass is 531 g/mol. The van der Waals surface area contributed by atoms with Gasteiger partial charge in [0.25, 0.3) is 0 Å². The maximum absolute atomic E-state index is 12.3. The van der Waals surface area contributed by atoms with E-state index in [1.165, 1.54) is 11.8 Å². The minimum absolute atomic E-state index is 0.0989. The predicted octanol–water partition coefficient (Wildman–Crippen LogP) is 3.59. The zero-order valence-corrected chi connectivity index (χ0v) is 18.9. The maximum atomic E-state index is 12.3. The highest BCUT2D eigenvalue weighted by molar-refractivity contribution is 14.1. The highest BCUT2D eigenvalue weighted by atomic mass is 127. The van der Waals surface area contributed by atoms with Crippen LogP contribution in [0.3, 0.4) is 0 Å². The van der Waals surface area contributed by atoms with Gasteiger partial charge in [0.1, 0.15) is 12.1 Å². The number of thioether (sulfide) groups is 1. The molecule has 0 atom stereocenters. The van der Waals surface area contributed by atoms with Gasteiger partial charge in [-0.25, -0.2) is 4.68 Å². The Hall–Kier alpha value is -2.73. The standard InChI is InChI=1S/C20H18IN7OS/c1-2-11-27-18(12-28-17-6-4-3-5-16(17)23-26-28)24-25-20(27)30-13-19(29)22-15-9-7-14(21)8-10-15/h2-10H,1,11-13H2,(H,22,29). The Bertz CT molecular complexity index is 1190. The molecule has 30 heavy (non-hydrogen) atoms. The summed E-state index contributed by atoms with van der Waals surface area (Å²) in [6.07, 6.45) is 1.78. The van der Waals surface area contributed by atoms with Crippen LogP contribution in [0.5, 0.6) is 0 Å². The molecule has 0 unspecified atom stereocenters. The summed E-state index contributed by atoms with van der Waals surface area (Å²) in [5.41, 5.74) is 2.53. The fourth-order valence-corrected chi connectivity index (χ4v) is 4.01. The molecule has 0 aliphatic rings. The molecule has 2 aromatic carbocycles. The largest absolute Gasteiger partial charge is 0.325 e. The normalized spacial score (nSPS) is 11.0. The van der Waals surface area contributed by atoms with Crippen LogP contribution in [-0.4, -0.2) is 41.4 Å². The van der Waals surface area contributed by atoms with Crippen LogP contribution in [0.15, 0.2) is 66.3 Å². The molecule has 2 heterocycles. The molecule has 4 rings (SSSR count). The van der Waals surface area contributed by atoms with Gasteiger partial charge in [-0.15, -0.1) is 21.9 Å². The van der Waals surface area contributed by atoms with Crippen LogP contribution >= 0.6 is 34.4 Å². The lowest BCUT2D eigenvalue weighted by Gasteiger charge is -2.08. The number of hydrogen-bond acceptors (Lipinski definition) is 6. The van der Waals surface area contributed by atoms with Crippen molar-refractivity contribution >= 4 is 57.0 Å². The Labute approximate surface area is 190 Å². The molecule has 0 aliphatic heterocycles. The molecule has 0 radical (unpaired) electrons. The van der Waals surface area contributed by atoms with Gasteiger partial charge in [-0.1, -0.05) is 35.2 Å². The second kappa shape index (κ2) is 9.39. The van der Waals surface area contributed by atoms with Crippen molar-refractivity contribution in [2.24, 2.45) is 0 Å². The van der Waals surface area contributed by atoms with Gasteiger partial charge >= 0.3 is 0 Å². The Morgan fingerprint density at radius 1 is 1.13 bits per heavy atom. The molecule has 10 heteroatoms. The third-order valence-corrected chi connectivity index (χ3v) is 5.96. The molecule has 0 spiro atoms. The van der Waals surface area contributed by atoms with E-state index >= 15 is 0 Å². The van der Waals surface area contributed by atoms with E-state index in [0.29, 0.717) is 18.2 Å². The van der Waals surface area contributed by atoms with Crippen molar-refractivity contribution in [3.05, 3.63) is 70.6 Å². The van der Waals surface area contributed by atoms with Crippen LogP contribution in [0.2, 0.25) is 0 Å². The molecule has 1 amide bonds. The molecule has 0 bridgehead atoms. The van der Waals surface area contributed by atoms with E-state index in [4.69, 9.17) is 0 Å². The number of hydrogen-bond donors (Lipinski definition) is 1. The van der Waals surface area contributed by atoms with Crippen LogP contribution in [0.1, 0.15) is 5.82 Å². The van der Waals surface area contributed by atoms with E-state index in [2.05, 4.69) is 55.0 Å². The first-order valence-corrected chi connectivity index (χ1v) is 11.2. The average molecular weight is 531 g/mol. The highest BCUT2D eigenvalue weighted by Gasteiger charge is 2.15. The van der Waals surface area contributed by atoms with Crippen molar-refractivity contribution < 1.29 is 4.79 Å². The molecule has 0 fully saturated rings. The summed E-state index contributed by atoms with van der Waals surface area (Å²) in [6, 6.07) is 15.4. The van der Waals surface area contributed by atoms with E-state index in [0.717, 1.165) is 26.1 Å². The third kappa shape index (κ3) is 4.70. The number of para-hydroxylation sites is 1. The van der Waals surface area contributed by atoms with Crippen molar-refractivity contribution in [2.75, 3.05) is 11.1 Å². The van der Waals surface area contributed by atoms with Gasteiger partial charge in [-0.05, 0) is 59.0 Å². The fraction of sp³-hybridized carbons (Fsp3) is 0.150. The van der Waals surface area contributed by atoms with Gasteiger partial charge in [0.15, 0.2) is 11.0 Å². The second-order valence-corrected chi connectivity index (χ2v) is 8.57. The molecular weight excluding hydrogens is 513 g/mol. The molecule has 8 nitrogen and oxygen atoms in total. The summed E-state index contributed by atoms with van der Waals surface area (Å²) in [4.78, 5) is 12.3. The van der Waals surface area contributed by atoms with Crippen molar-refractivity contribution in [3.63, 3.8) is 0 Å². The average Bonchev–Trinajstić information content (AvgIpc) is 3.33. The van der Waals surface area contributed by atoms with Crippen molar-refractivity contribution in [1.29, 1.82) is 0 Å². The molecule has 0 aliphatic carbocycles. The summed E-state index contributed by atoms with van der Waals surface area (Å²) in [5, 5.41) is 20.5. The van der Waals surface area contributed by atoms with Crippen LogP contribution in [0, 0.1) is 3.57 Å². The van der Waals surface area contributed by atoms with Gasteiger partial charge in [0.2, 0.25) is 5.91 Å². The van der Waals surface area contributed by atoms with Crippen molar-refractivity contribution in [2.45, 2.75) is 18.2 Å². The Balaban J connectivity index is 1.46. The summed E-state index contributed by atoms with van der Waals surface area (Å²) >= 11 is 3.56. The molecule has 1 N–H and O–H groups in total. The summed E-state index contributed by atoms with van der Waals surface area (Å²) in [6.45, 7) is 4.79. The first-order chi connectivity index (χ1) is 14.6. The Morgan fingerprint density at radius 2 is 1.93 bits per heavy atom. The van der Waals surface area contributed by atoms with E-state index in [1.54, 1.807) is 10.8 Å². The number of benzene rings is 2. The number of fused-ring (bicyclic) bond motifs is 1. The number of nitrogens with zero attached hydrogens (tertiary/aromatic N) is 6. The molecule has 0 saturated heterocycles. The van der Waals surface area contributed by atoms with Crippen LogP contribution in [0.25, 0.3) is 11.0 Å². The van der Waals surface area contributed by atoms with E-state index in [9.17, 15) is 4.79 Å². The first kappa shape index (κ1) is 20.5.